The van der Waals surface area contributed by atoms with Crippen molar-refractivity contribution in [1.29, 1.82) is 0 Å². The highest BCUT2D eigenvalue weighted by molar-refractivity contribution is 5.69. The van der Waals surface area contributed by atoms with Crippen LogP contribution in [0.3, 0.4) is 0 Å². The lowest BCUT2D eigenvalue weighted by molar-refractivity contribution is -0.0677. The van der Waals surface area contributed by atoms with Gasteiger partial charge in [-0.15, -0.1) is 0 Å². The number of nitrogens with zero attached hydrogens (tertiary/aromatic N) is 2. The highest BCUT2D eigenvalue weighted by atomic mass is 16.3. The summed E-state index contributed by atoms with van der Waals surface area (Å²) >= 11 is 0. The van der Waals surface area contributed by atoms with Gasteiger partial charge in [-0.2, -0.15) is 0 Å². The lowest BCUT2D eigenvalue weighted by Crippen LogP contribution is -2.47. The molecule has 5 rings (SSSR count). The molecule has 1 aromatic heterocycles. The summed E-state index contributed by atoms with van der Waals surface area (Å²) in [5, 5.41) is 10.3. The number of hydrogen-bond acceptors (Lipinski definition) is 2. The van der Waals surface area contributed by atoms with E-state index in [1.807, 2.05) is 12.5 Å². The molecule has 0 radical (unpaired) electrons. The smallest absolute Gasteiger partial charge is 0.0956 e. The Hall–Kier alpha value is -1.61. The lowest BCUT2D eigenvalue weighted by atomic mass is 9.63. The molecule has 3 aliphatic rings. The molecule has 3 heteroatoms. The molecule has 19 heavy (non-hydrogen) atoms. The predicted octanol–water partition coefficient (Wildman–Crippen LogP) is 2.61. The van der Waals surface area contributed by atoms with E-state index < -0.39 is 0 Å². The summed E-state index contributed by atoms with van der Waals surface area (Å²) in [6, 6.07) is 8.88. The van der Waals surface area contributed by atoms with Crippen LogP contribution in [-0.4, -0.2) is 20.8 Å². The fourth-order valence-electron chi connectivity index (χ4n) is 4.41. The predicted molar refractivity (Wildman–Crippen MR) is 71.6 cm³/mol. The maximum atomic E-state index is 10.3. The third kappa shape index (κ3) is 1.11. The molecule has 1 aromatic carbocycles. The molecule has 0 amide bonds. The summed E-state index contributed by atoms with van der Waals surface area (Å²) in [7, 11) is 0. The summed E-state index contributed by atoms with van der Waals surface area (Å²) in [4.78, 5) is 4.31. The molecular weight excluding hydrogens is 236 g/mol. The average Bonchev–Trinajstić information content (AvgIpc) is 2.97. The van der Waals surface area contributed by atoms with Crippen LogP contribution in [0.1, 0.15) is 30.9 Å². The minimum Gasteiger partial charge on any atom is -0.393 e. The van der Waals surface area contributed by atoms with Crippen molar-refractivity contribution in [1.82, 2.24) is 9.55 Å². The molecule has 1 aliphatic heterocycles. The van der Waals surface area contributed by atoms with Crippen LogP contribution >= 0.6 is 0 Å². The van der Waals surface area contributed by atoms with Gasteiger partial charge in [-0.05, 0) is 30.2 Å². The number of aliphatic hydroxyl groups excluding tert-OH is 1. The molecule has 1 spiro atoms. The molecule has 0 unspecified atom stereocenters. The molecule has 2 saturated carbocycles. The van der Waals surface area contributed by atoms with Crippen molar-refractivity contribution < 1.29 is 5.11 Å². The lowest BCUT2D eigenvalue weighted by Gasteiger charge is -2.46. The van der Waals surface area contributed by atoms with Crippen molar-refractivity contribution in [3.8, 4) is 11.3 Å². The van der Waals surface area contributed by atoms with E-state index in [2.05, 4.69) is 33.8 Å². The van der Waals surface area contributed by atoms with E-state index in [0.717, 1.165) is 6.42 Å². The second-order valence-electron chi connectivity index (χ2n) is 6.38. The van der Waals surface area contributed by atoms with Crippen LogP contribution in [0.15, 0.2) is 36.8 Å². The minimum absolute atomic E-state index is 0.145. The van der Waals surface area contributed by atoms with Gasteiger partial charge in [0.15, 0.2) is 0 Å². The highest BCUT2D eigenvalue weighted by Crippen LogP contribution is 2.69. The van der Waals surface area contributed by atoms with E-state index in [1.165, 1.54) is 29.7 Å². The second kappa shape index (κ2) is 3.10. The molecule has 2 heterocycles. The number of rotatable bonds is 1. The van der Waals surface area contributed by atoms with Crippen molar-refractivity contribution in [2.45, 2.75) is 31.4 Å². The molecule has 3 atom stereocenters. The monoisotopic (exact) mass is 252 g/mol. The number of hydrogen-bond donors (Lipinski definition) is 1. The van der Waals surface area contributed by atoms with Gasteiger partial charge in [0.25, 0.3) is 0 Å². The first-order chi connectivity index (χ1) is 9.30. The van der Waals surface area contributed by atoms with Gasteiger partial charge in [0, 0.05) is 11.5 Å². The fourth-order valence-corrected chi connectivity index (χ4v) is 4.41. The Balaban J connectivity index is 1.71. The first kappa shape index (κ1) is 10.2. The fraction of sp³-hybridized carbons (Fsp3) is 0.438. The maximum absolute atomic E-state index is 10.3. The van der Waals surface area contributed by atoms with Crippen LogP contribution in [0.4, 0.5) is 0 Å². The van der Waals surface area contributed by atoms with E-state index in [9.17, 15) is 5.11 Å². The van der Waals surface area contributed by atoms with E-state index in [0.29, 0.717) is 17.4 Å². The van der Waals surface area contributed by atoms with Crippen LogP contribution in [0, 0.1) is 11.3 Å². The first-order valence-corrected chi connectivity index (χ1v) is 7.09. The third-order valence-corrected chi connectivity index (χ3v) is 5.49. The zero-order valence-corrected chi connectivity index (χ0v) is 10.7. The zero-order chi connectivity index (χ0) is 12.6. The summed E-state index contributed by atoms with van der Waals surface area (Å²) in [5.41, 5.74) is 4.30. The van der Waals surface area contributed by atoms with E-state index in [4.69, 9.17) is 0 Å². The van der Waals surface area contributed by atoms with Gasteiger partial charge in [0.1, 0.15) is 0 Å². The molecule has 0 bridgehead atoms. The zero-order valence-electron chi connectivity index (χ0n) is 10.7. The van der Waals surface area contributed by atoms with E-state index in [1.54, 1.807) is 0 Å². The Kier molecular flexibility index (Phi) is 1.67. The standard InChI is InChI=1S/C16H16N2O/c19-13-7-16(5-6-16)14(13)15-11-4-2-1-3-10(11)12-8-17-9-18(12)15/h1-4,8-9,13-15,19H,5-7H2/t13-,14-,15-/m1/s1. The Bertz CT molecular complexity index is 671. The largest absolute Gasteiger partial charge is 0.393 e. The Labute approximate surface area is 111 Å². The van der Waals surface area contributed by atoms with Gasteiger partial charge < -0.3 is 9.67 Å². The molecule has 2 aliphatic carbocycles. The van der Waals surface area contributed by atoms with Crippen LogP contribution in [0.5, 0.6) is 0 Å². The normalized spacial score (nSPS) is 32.8. The van der Waals surface area contributed by atoms with Crippen LogP contribution in [-0.2, 0) is 0 Å². The molecule has 2 fully saturated rings. The van der Waals surface area contributed by atoms with Gasteiger partial charge in [-0.1, -0.05) is 24.3 Å². The minimum atomic E-state index is -0.145. The topological polar surface area (TPSA) is 38.1 Å². The van der Waals surface area contributed by atoms with Crippen molar-refractivity contribution in [3.63, 3.8) is 0 Å². The van der Waals surface area contributed by atoms with Gasteiger partial charge in [0.2, 0.25) is 0 Å². The number of aromatic nitrogens is 2. The molecule has 1 N–H and O–H groups in total. The molecular formula is C16H16N2O. The van der Waals surface area contributed by atoms with Crippen molar-refractivity contribution in [2.75, 3.05) is 0 Å². The highest BCUT2D eigenvalue weighted by Gasteiger charge is 2.64. The van der Waals surface area contributed by atoms with Gasteiger partial charge >= 0.3 is 0 Å². The summed E-state index contributed by atoms with van der Waals surface area (Å²) in [5.74, 6) is 0.379. The van der Waals surface area contributed by atoms with E-state index >= 15 is 0 Å². The number of benzene rings is 1. The summed E-state index contributed by atoms with van der Waals surface area (Å²) < 4.78 is 2.28. The second-order valence-corrected chi connectivity index (χ2v) is 6.38. The molecule has 0 saturated heterocycles. The SMILES string of the molecule is O[C@@H]1CC2(CC2)[C@H]1[C@H]1c2ccccc2-c2cncn21. The van der Waals surface area contributed by atoms with Gasteiger partial charge in [-0.25, -0.2) is 4.98 Å². The van der Waals surface area contributed by atoms with Gasteiger partial charge in [-0.3, -0.25) is 0 Å². The quantitative estimate of drug-likeness (QED) is 0.847. The Morgan fingerprint density at radius 3 is 2.89 bits per heavy atom. The molecule has 3 nitrogen and oxygen atoms in total. The average molecular weight is 252 g/mol. The van der Waals surface area contributed by atoms with Crippen molar-refractivity contribution >= 4 is 0 Å². The number of aliphatic hydroxyl groups is 1. The Morgan fingerprint density at radius 1 is 1.26 bits per heavy atom. The number of imidazole rings is 1. The van der Waals surface area contributed by atoms with Crippen LogP contribution in [0.25, 0.3) is 11.3 Å². The van der Waals surface area contributed by atoms with Crippen molar-refractivity contribution in [2.24, 2.45) is 11.3 Å². The van der Waals surface area contributed by atoms with E-state index in [-0.39, 0.29) is 6.10 Å². The molecule has 2 aromatic rings. The van der Waals surface area contributed by atoms with Gasteiger partial charge in [0.05, 0.1) is 30.4 Å². The first-order valence-electron chi connectivity index (χ1n) is 7.09. The summed E-state index contributed by atoms with van der Waals surface area (Å²) in [6.07, 6.45) is 7.31. The third-order valence-electron chi connectivity index (χ3n) is 5.49. The number of fused-ring (bicyclic) bond motifs is 3. The Morgan fingerprint density at radius 2 is 2.11 bits per heavy atom. The maximum Gasteiger partial charge on any atom is 0.0956 e. The van der Waals surface area contributed by atoms with Crippen molar-refractivity contribution in [3.05, 3.63) is 42.4 Å². The molecule has 96 valence electrons. The van der Waals surface area contributed by atoms with Crippen LogP contribution in [0.2, 0.25) is 0 Å². The summed E-state index contributed by atoms with van der Waals surface area (Å²) in [6.45, 7) is 0. The van der Waals surface area contributed by atoms with Crippen LogP contribution < -0.4 is 0 Å².